The molecule has 19 heavy (non-hydrogen) atoms. The van der Waals surface area contributed by atoms with Crippen molar-refractivity contribution >= 4 is 11.6 Å². The Balaban J connectivity index is 2.29. The lowest BCUT2D eigenvalue weighted by atomic mass is 10.1. The van der Waals surface area contributed by atoms with E-state index in [1.54, 1.807) is 18.7 Å². The minimum absolute atomic E-state index is 0.240. The van der Waals surface area contributed by atoms with Crippen LogP contribution in [0, 0.1) is 0 Å². The van der Waals surface area contributed by atoms with Crippen molar-refractivity contribution in [3.8, 4) is 0 Å². The highest BCUT2D eigenvalue weighted by Crippen LogP contribution is 2.27. The maximum atomic E-state index is 6.23. The SMILES string of the molecule is CN(C)CCn1ncc(Cl)c1C(NN)c1ccoc1. The summed E-state index contributed by atoms with van der Waals surface area (Å²) in [5, 5.41) is 4.88. The second kappa shape index (κ2) is 6.21. The van der Waals surface area contributed by atoms with E-state index in [-0.39, 0.29) is 6.04 Å². The van der Waals surface area contributed by atoms with E-state index in [2.05, 4.69) is 15.4 Å². The van der Waals surface area contributed by atoms with Gasteiger partial charge in [0.1, 0.15) is 0 Å². The lowest BCUT2D eigenvalue weighted by Gasteiger charge is -2.18. The first kappa shape index (κ1) is 14.1. The highest BCUT2D eigenvalue weighted by Gasteiger charge is 2.22. The number of nitrogens with two attached hydrogens (primary N) is 1. The molecule has 0 amide bonds. The summed E-state index contributed by atoms with van der Waals surface area (Å²) in [5.41, 5.74) is 4.51. The van der Waals surface area contributed by atoms with E-state index in [1.807, 2.05) is 24.8 Å². The first-order chi connectivity index (χ1) is 9.13. The quantitative estimate of drug-likeness (QED) is 0.616. The fourth-order valence-electron chi connectivity index (χ4n) is 1.90. The van der Waals surface area contributed by atoms with Crippen LogP contribution in [0.3, 0.4) is 0 Å². The van der Waals surface area contributed by atoms with Crippen molar-refractivity contribution in [1.29, 1.82) is 0 Å². The van der Waals surface area contributed by atoms with Gasteiger partial charge in [0.25, 0.3) is 0 Å². The van der Waals surface area contributed by atoms with Crippen molar-refractivity contribution < 1.29 is 4.42 Å². The number of halogens is 1. The molecule has 2 aromatic rings. The Kier molecular flexibility index (Phi) is 4.60. The molecule has 0 fully saturated rings. The molecule has 0 spiro atoms. The summed E-state index contributed by atoms with van der Waals surface area (Å²) >= 11 is 6.23. The number of furan rings is 1. The van der Waals surface area contributed by atoms with Gasteiger partial charge in [0.05, 0.1) is 42.0 Å². The van der Waals surface area contributed by atoms with Crippen LogP contribution in [0.5, 0.6) is 0 Å². The van der Waals surface area contributed by atoms with E-state index < -0.39 is 0 Å². The molecule has 2 aromatic heterocycles. The van der Waals surface area contributed by atoms with Crippen molar-refractivity contribution in [2.24, 2.45) is 5.84 Å². The van der Waals surface area contributed by atoms with Gasteiger partial charge >= 0.3 is 0 Å². The molecule has 0 aliphatic heterocycles. The molecule has 0 aromatic carbocycles. The van der Waals surface area contributed by atoms with Crippen molar-refractivity contribution in [1.82, 2.24) is 20.1 Å². The van der Waals surface area contributed by atoms with Gasteiger partial charge in [-0.1, -0.05) is 11.6 Å². The van der Waals surface area contributed by atoms with Crippen LogP contribution in [0.1, 0.15) is 17.3 Å². The Hall–Kier alpha value is -1.34. The van der Waals surface area contributed by atoms with Crippen molar-refractivity contribution in [2.45, 2.75) is 12.6 Å². The Labute approximate surface area is 117 Å². The van der Waals surface area contributed by atoms with E-state index in [4.69, 9.17) is 21.9 Å². The number of rotatable bonds is 6. The number of nitrogens with zero attached hydrogens (tertiary/aromatic N) is 3. The second-order valence-corrected chi connectivity index (χ2v) is 4.97. The fraction of sp³-hybridized carbons (Fsp3) is 0.417. The number of likely N-dealkylation sites (N-methyl/N-ethyl adjacent to an activating group) is 1. The molecule has 1 atom stereocenters. The number of nitrogens with one attached hydrogen (secondary N) is 1. The first-order valence-corrected chi connectivity index (χ1v) is 6.35. The molecule has 2 heterocycles. The lowest BCUT2D eigenvalue weighted by molar-refractivity contribution is 0.365. The van der Waals surface area contributed by atoms with Crippen molar-refractivity contribution in [3.63, 3.8) is 0 Å². The van der Waals surface area contributed by atoms with Crippen LogP contribution in [0.4, 0.5) is 0 Å². The average molecular weight is 284 g/mol. The van der Waals surface area contributed by atoms with Crippen LogP contribution in [0.15, 0.2) is 29.2 Å². The normalized spacial score (nSPS) is 13.1. The van der Waals surface area contributed by atoms with Gasteiger partial charge < -0.3 is 9.32 Å². The van der Waals surface area contributed by atoms with Crippen LogP contribution in [0.2, 0.25) is 5.02 Å². The lowest BCUT2D eigenvalue weighted by Crippen LogP contribution is -2.31. The van der Waals surface area contributed by atoms with E-state index in [0.29, 0.717) is 5.02 Å². The van der Waals surface area contributed by atoms with Crippen LogP contribution in [0.25, 0.3) is 0 Å². The summed E-state index contributed by atoms with van der Waals surface area (Å²) in [6.45, 7) is 1.61. The van der Waals surface area contributed by atoms with Gasteiger partial charge in [-0.15, -0.1) is 0 Å². The zero-order valence-electron chi connectivity index (χ0n) is 11.0. The van der Waals surface area contributed by atoms with Crippen LogP contribution in [-0.2, 0) is 6.54 Å². The molecule has 6 nitrogen and oxygen atoms in total. The molecule has 0 aliphatic rings. The molecule has 0 aliphatic carbocycles. The average Bonchev–Trinajstić information content (AvgIpc) is 3.00. The number of hydrogen-bond acceptors (Lipinski definition) is 5. The van der Waals surface area contributed by atoms with Gasteiger partial charge in [0, 0.05) is 12.1 Å². The number of aromatic nitrogens is 2. The maximum Gasteiger partial charge on any atom is 0.0954 e. The predicted octanol–water partition coefficient (Wildman–Crippen LogP) is 1.24. The molecule has 1 unspecified atom stereocenters. The smallest absolute Gasteiger partial charge is 0.0954 e. The largest absolute Gasteiger partial charge is 0.472 e. The molecule has 7 heteroatoms. The highest BCUT2D eigenvalue weighted by atomic mass is 35.5. The molecular formula is C12H18ClN5O. The topological polar surface area (TPSA) is 72.2 Å². The van der Waals surface area contributed by atoms with Crippen LogP contribution >= 0.6 is 11.6 Å². The Morgan fingerprint density at radius 2 is 2.37 bits per heavy atom. The summed E-state index contributed by atoms with van der Waals surface area (Å²) in [7, 11) is 4.03. The molecule has 104 valence electrons. The molecule has 0 bridgehead atoms. The van der Waals surface area contributed by atoms with E-state index in [0.717, 1.165) is 24.3 Å². The van der Waals surface area contributed by atoms with Gasteiger partial charge in [-0.05, 0) is 20.2 Å². The maximum absolute atomic E-state index is 6.23. The minimum atomic E-state index is -0.240. The molecule has 0 saturated heterocycles. The Bertz CT molecular complexity index is 508. The summed E-state index contributed by atoms with van der Waals surface area (Å²) in [5.74, 6) is 5.65. The first-order valence-electron chi connectivity index (χ1n) is 5.97. The number of hydrogen-bond donors (Lipinski definition) is 2. The molecule has 0 radical (unpaired) electrons. The predicted molar refractivity (Wildman–Crippen MR) is 73.7 cm³/mol. The second-order valence-electron chi connectivity index (χ2n) is 4.56. The summed E-state index contributed by atoms with van der Waals surface area (Å²) < 4.78 is 6.96. The number of hydrazine groups is 1. The molecule has 2 rings (SSSR count). The fourth-order valence-corrected chi connectivity index (χ4v) is 2.15. The Morgan fingerprint density at radius 3 is 2.95 bits per heavy atom. The van der Waals surface area contributed by atoms with Crippen molar-refractivity contribution in [2.75, 3.05) is 20.6 Å². The van der Waals surface area contributed by atoms with Gasteiger partial charge in [-0.2, -0.15) is 5.10 Å². The third-order valence-corrected chi connectivity index (χ3v) is 3.20. The zero-order chi connectivity index (χ0) is 13.8. The minimum Gasteiger partial charge on any atom is -0.472 e. The Morgan fingerprint density at radius 1 is 1.58 bits per heavy atom. The third-order valence-electron chi connectivity index (χ3n) is 2.91. The summed E-state index contributed by atoms with van der Waals surface area (Å²) in [4.78, 5) is 2.09. The molecular weight excluding hydrogens is 266 g/mol. The third kappa shape index (κ3) is 3.16. The van der Waals surface area contributed by atoms with Gasteiger partial charge in [0.2, 0.25) is 0 Å². The van der Waals surface area contributed by atoms with E-state index in [9.17, 15) is 0 Å². The summed E-state index contributed by atoms with van der Waals surface area (Å²) in [6.07, 6.45) is 4.88. The summed E-state index contributed by atoms with van der Waals surface area (Å²) in [6, 6.07) is 1.61. The van der Waals surface area contributed by atoms with Crippen LogP contribution < -0.4 is 11.3 Å². The zero-order valence-corrected chi connectivity index (χ0v) is 11.8. The van der Waals surface area contributed by atoms with Crippen LogP contribution in [-0.4, -0.2) is 35.3 Å². The van der Waals surface area contributed by atoms with Gasteiger partial charge in [-0.25, -0.2) is 5.43 Å². The monoisotopic (exact) mass is 283 g/mol. The highest BCUT2D eigenvalue weighted by molar-refractivity contribution is 6.31. The van der Waals surface area contributed by atoms with Gasteiger partial charge in [0.15, 0.2) is 0 Å². The molecule has 3 N–H and O–H groups in total. The van der Waals surface area contributed by atoms with E-state index in [1.165, 1.54) is 0 Å². The van der Waals surface area contributed by atoms with Gasteiger partial charge in [-0.3, -0.25) is 10.5 Å². The van der Waals surface area contributed by atoms with Crippen molar-refractivity contribution in [3.05, 3.63) is 41.1 Å². The standard InChI is InChI=1S/C12H18ClN5O/c1-17(2)4-5-18-12(10(13)7-15-18)11(16-14)9-3-6-19-8-9/h3,6-8,11,16H,4-5,14H2,1-2H3. The van der Waals surface area contributed by atoms with E-state index >= 15 is 0 Å². The molecule has 0 saturated carbocycles.